The maximum absolute atomic E-state index is 11.5. The van der Waals surface area contributed by atoms with Crippen LogP contribution < -0.4 is 0 Å². The van der Waals surface area contributed by atoms with Crippen LogP contribution >= 0.6 is 0 Å². The molecular weight excluding hydrogens is 198 g/mol. The second-order valence-corrected chi connectivity index (χ2v) is 3.97. The lowest BCUT2D eigenvalue weighted by molar-refractivity contribution is -0.132. The van der Waals surface area contributed by atoms with Gasteiger partial charge >= 0.3 is 5.97 Å². The van der Waals surface area contributed by atoms with Crippen molar-refractivity contribution in [1.82, 2.24) is 4.90 Å². The summed E-state index contributed by atoms with van der Waals surface area (Å²) < 4.78 is 5.29. The van der Waals surface area contributed by atoms with E-state index in [-0.39, 0.29) is 5.91 Å². The number of ether oxygens (including phenoxy) is 1. The van der Waals surface area contributed by atoms with E-state index in [9.17, 15) is 9.59 Å². The van der Waals surface area contributed by atoms with Gasteiger partial charge < -0.3 is 14.7 Å². The molecule has 1 amide bonds. The molecule has 0 unspecified atom stereocenters. The number of likely N-dealkylation sites (tertiary alicyclic amines) is 1. The van der Waals surface area contributed by atoms with E-state index in [0.29, 0.717) is 24.9 Å². The number of rotatable bonds is 2. The van der Waals surface area contributed by atoms with Crippen molar-refractivity contribution in [3.8, 4) is 0 Å². The molecule has 2 saturated heterocycles. The minimum absolute atomic E-state index is 0.216. The van der Waals surface area contributed by atoms with Gasteiger partial charge in [0.1, 0.15) is 0 Å². The van der Waals surface area contributed by atoms with Crippen molar-refractivity contribution in [1.29, 1.82) is 0 Å². The van der Waals surface area contributed by atoms with Crippen molar-refractivity contribution in [2.75, 3.05) is 26.3 Å². The molecule has 82 valence electrons. The highest BCUT2D eigenvalue weighted by molar-refractivity contribution is 5.94. The molecule has 5 nitrogen and oxygen atoms in total. The Morgan fingerprint density at radius 2 is 1.80 bits per heavy atom. The lowest BCUT2D eigenvalue weighted by atomic mass is 10.0. The highest BCUT2D eigenvalue weighted by Crippen LogP contribution is 2.28. The molecule has 2 fully saturated rings. The number of aliphatic carboxylic acids is 1. The van der Waals surface area contributed by atoms with Crippen molar-refractivity contribution in [2.45, 2.75) is 0 Å². The molecule has 0 bridgehead atoms. The second kappa shape index (κ2) is 4.02. The van der Waals surface area contributed by atoms with Crippen molar-refractivity contribution >= 4 is 11.9 Å². The quantitative estimate of drug-likeness (QED) is 0.638. The number of hydrogen-bond acceptors (Lipinski definition) is 3. The molecule has 2 heterocycles. The summed E-state index contributed by atoms with van der Waals surface area (Å²) in [6.45, 7) is 2.81. The number of amides is 1. The first-order valence-electron chi connectivity index (χ1n) is 4.94. The molecule has 0 saturated carbocycles. The predicted octanol–water partition coefficient (Wildman–Crippen LogP) is -0.268. The van der Waals surface area contributed by atoms with E-state index in [1.54, 1.807) is 4.90 Å². The van der Waals surface area contributed by atoms with Crippen LogP contribution in [-0.4, -0.2) is 48.2 Å². The number of carbonyl (C=O) groups is 2. The Kier molecular flexibility index (Phi) is 2.73. The lowest BCUT2D eigenvalue weighted by Gasteiger charge is -2.14. The van der Waals surface area contributed by atoms with Crippen molar-refractivity contribution < 1.29 is 19.4 Å². The summed E-state index contributed by atoms with van der Waals surface area (Å²) in [6, 6.07) is 0. The van der Waals surface area contributed by atoms with E-state index in [2.05, 4.69) is 0 Å². The van der Waals surface area contributed by atoms with E-state index < -0.39 is 5.97 Å². The zero-order chi connectivity index (χ0) is 10.8. The molecule has 0 radical (unpaired) electrons. The third-order valence-corrected chi connectivity index (χ3v) is 2.92. The molecule has 2 rings (SSSR count). The fraction of sp³-hybridized carbons (Fsp3) is 0.600. The monoisotopic (exact) mass is 211 g/mol. The van der Waals surface area contributed by atoms with Gasteiger partial charge in [-0.05, 0) is 0 Å². The molecular formula is C10H13NO4. The maximum atomic E-state index is 11.5. The first kappa shape index (κ1) is 10.2. The maximum Gasteiger partial charge on any atom is 0.328 e. The summed E-state index contributed by atoms with van der Waals surface area (Å²) in [5.41, 5.74) is 0. The highest BCUT2D eigenvalue weighted by atomic mass is 16.5. The van der Waals surface area contributed by atoms with Gasteiger partial charge in [-0.1, -0.05) is 0 Å². The minimum Gasteiger partial charge on any atom is -0.478 e. The zero-order valence-electron chi connectivity index (χ0n) is 8.26. The predicted molar refractivity (Wildman–Crippen MR) is 51.2 cm³/mol. The Bertz CT molecular complexity index is 301. The molecule has 0 aromatic carbocycles. The van der Waals surface area contributed by atoms with E-state index in [4.69, 9.17) is 9.84 Å². The molecule has 0 aromatic rings. The van der Waals surface area contributed by atoms with Gasteiger partial charge in [0.25, 0.3) is 0 Å². The van der Waals surface area contributed by atoms with Gasteiger partial charge in [0.05, 0.1) is 13.2 Å². The molecule has 15 heavy (non-hydrogen) atoms. The summed E-state index contributed by atoms with van der Waals surface area (Å²) in [7, 11) is 0. The Labute approximate surface area is 87.3 Å². The fourth-order valence-corrected chi connectivity index (χ4v) is 2.12. The van der Waals surface area contributed by atoms with E-state index in [1.165, 1.54) is 0 Å². The van der Waals surface area contributed by atoms with Crippen LogP contribution in [0.2, 0.25) is 0 Å². The van der Waals surface area contributed by atoms with E-state index >= 15 is 0 Å². The van der Waals surface area contributed by atoms with Crippen LogP contribution in [0.3, 0.4) is 0 Å². The highest BCUT2D eigenvalue weighted by Gasteiger charge is 2.38. The summed E-state index contributed by atoms with van der Waals surface area (Å²) in [4.78, 5) is 23.4. The number of carboxylic acids is 1. The summed E-state index contributed by atoms with van der Waals surface area (Å²) in [5, 5.41) is 8.39. The van der Waals surface area contributed by atoms with Gasteiger partial charge in [-0.15, -0.1) is 0 Å². The molecule has 2 atom stereocenters. The molecule has 0 aliphatic carbocycles. The number of hydrogen-bond donors (Lipinski definition) is 1. The molecule has 0 spiro atoms. The Morgan fingerprint density at radius 3 is 2.33 bits per heavy atom. The first-order valence-corrected chi connectivity index (χ1v) is 4.94. The molecule has 2 aliphatic heterocycles. The smallest absolute Gasteiger partial charge is 0.328 e. The third kappa shape index (κ3) is 2.18. The average molecular weight is 211 g/mol. The van der Waals surface area contributed by atoms with Gasteiger partial charge in [0.2, 0.25) is 5.91 Å². The van der Waals surface area contributed by atoms with Crippen LogP contribution in [0.1, 0.15) is 0 Å². The number of nitrogens with zero attached hydrogens (tertiary/aromatic N) is 1. The second-order valence-electron chi connectivity index (χ2n) is 3.97. The number of carboxylic acid groups (broad SMARTS) is 1. The van der Waals surface area contributed by atoms with Gasteiger partial charge in [-0.25, -0.2) is 4.79 Å². The van der Waals surface area contributed by atoms with Crippen molar-refractivity contribution in [2.24, 2.45) is 11.8 Å². The summed E-state index contributed by atoms with van der Waals surface area (Å²) in [5.74, 6) is -0.433. The fourth-order valence-electron chi connectivity index (χ4n) is 2.12. The van der Waals surface area contributed by atoms with Crippen molar-refractivity contribution in [3.63, 3.8) is 0 Å². The average Bonchev–Trinajstić information content (AvgIpc) is 2.72. The van der Waals surface area contributed by atoms with Gasteiger partial charge in [0.15, 0.2) is 0 Å². The van der Waals surface area contributed by atoms with Crippen LogP contribution in [0, 0.1) is 11.8 Å². The van der Waals surface area contributed by atoms with Crippen LogP contribution in [0.25, 0.3) is 0 Å². The molecule has 1 N–H and O–H groups in total. The SMILES string of the molecule is O=C(O)/C=C/C(=O)N1C[C@H]2COC[C@H]2C1. The zero-order valence-corrected chi connectivity index (χ0v) is 8.26. The summed E-state index contributed by atoms with van der Waals surface area (Å²) in [6.07, 6.45) is 2.00. The standard InChI is InChI=1S/C10H13NO4/c12-9(1-2-10(13)14)11-3-7-5-15-6-8(7)4-11/h1-2,7-8H,3-6H2,(H,13,14)/b2-1+/t7-,8+. The van der Waals surface area contributed by atoms with E-state index in [1.807, 2.05) is 0 Å². The largest absolute Gasteiger partial charge is 0.478 e. The molecule has 0 aromatic heterocycles. The first-order chi connectivity index (χ1) is 7.16. The van der Waals surface area contributed by atoms with Crippen molar-refractivity contribution in [3.05, 3.63) is 12.2 Å². The normalized spacial score (nSPS) is 29.7. The van der Waals surface area contributed by atoms with Crippen LogP contribution in [0.4, 0.5) is 0 Å². The van der Waals surface area contributed by atoms with Crippen LogP contribution in [0.5, 0.6) is 0 Å². The van der Waals surface area contributed by atoms with Crippen LogP contribution in [-0.2, 0) is 14.3 Å². The van der Waals surface area contributed by atoms with E-state index in [0.717, 1.165) is 25.4 Å². The Morgan fingerprint density at radius 1 is 1.20 bits per heavy atom. The molecule has 5 heteroatoms. The number of carbonyl (C=O) groups excluding carboxylic acids is 1. The minimum atomic E-state index is -1.09. The lowest BCUT2D eigenvalue weighted by Crippen LogP contribution is -2.28. The van der Waals surface area contributed by atoms with Crippen LogP contribution in [0.15, 0.2) is 12.2 Å². The Hall–Kier alpha value is -1.36. The summed E-state index contributed by atoms with van der Waals surface area (Å²) >= 11 is 0. The van der Waals surface area contributed by atoms with Gasteiger partial charge in [-0.3, -0.25) is 4.79 Å². The van der Waals surface area contributed by atoms with Gasteiger partial charge in [0, 0.05) is 37.1 Å². The number of fused-ring (bicyclic) bond motifs is 1. The van der Waals surface area contributed by atoms with Gasteiger partial charge in [-0.2, -0.15) is 0 Å². The molecule has 2 aliphatic rings. The Balaban J connectivity index is 1.91. The topological polar surface area (TPSA) is 66.8 Å². The third-order valence-electron chi connectivity index (χ3n) is 2.92.